The van der Waals surface area contributed by atoms with Crippen molar-refractivity contribution in [2.24, 2.45) is 11.7 Å². The van der Waals surface area contributed by atoms with Gasteiger partial charge in [-0.2, -0.15) is 0 Å². The van der Waals surface area contributed by atoms with Crippen molar-refractivity contribution in [1.29, 1.82) is 0 Å². The van der Waals surface area contributed by atoms with Gasteiger partial charge in [-0.05, 0) is 87.1 Å². The molecule has 0 radical (unpaired) electrons. The van der Waals surface area contributed by atoms with E-state index >= 15 is 4.39 Å². The molecule has 0 spiro atoms. The number of nitrogens with two attached hydrogens (primary N) is 2. The van der Waals surface area contributed by atoms with Crippen molar-refractivity contribution in [2.75, 3.05) is 12.3 Å². The molecule has 1 aliphatic rings. The van der Waals surface area contributed by atoms with Crippen LogP contribution in [0.5, 0.6) is 0 Å². The second-order valence-corrected chi connectivity index (χ2v) is 9.64. The molecule has 1 amide bonds. The average molecular weight is 509 g/mol. The monoisotopic (exact) mass is 508 g/mol. The molecule has 1 aliphatic carbocycles. The van der Waals surface area contributed by atoms with Crippen LogP contribution in [-0.4, -0.2) is 17.4 Å². The average Bonchev–Trinajstić information content (AvgIpc) is 3.71. The van der Waals surface area contributed by atoms with E-state index in [0.717, 1.165) is 18.4 Å². The molecule has 1 heterocycles. The number of rotatable bonds is 8. The Morgan fingerprint density at radius 1 is 1.16 bits per heavy atom. The van der Waals surface area contributed by atoms with Crippen molar-refractivity contribution >= 4 is 17.7 Å². The second-order valence-electron chi connectivity index (χ2n) is 9.64. The van der Waals surface area contributed by atoms with E-state index in [2.05, 4.69) is 10.3 Å². The lowest BCUT2D eigenvalue weighted by atomic mass is 9.95. The first-order valence-electron chi connectivity index (χ1n) is 12.4. The Morgan fingerprint density at radius 2 is 1.84 bits per heavy atom. The van der Waals surface area contributed by atoms with Gasteiger partial charge in [-0.1, -0.05) is 6.92 Å². The highest BCUT2D eigenvalue weighted by atomic mass is 19.1. The lowest BCUT2D eigenvalue weighted by Gasteiger charge is -2.20. The van der Waals surface area contributed by atoms with Crippen LogP contribution < -0.4 is 16.8 Å². The van der Waals surface area contributed by atoms with Crippen LogP contribution in [0.25, 0.3) is 17.3 Å². The summed E-state index contributed by atoms with van der Waals surface area (Å²) in [7, 11) is 0. The molecule has 5 N–H and O–H groups in total. The van der Waals surface area contributed by atoms with Gasteiger partial charge in [0.05, 0.1) is 5.69 Å². The smallest absolute Gasteiger partial charge is 0.251 e. The van der Waals surface area contributed by atoms with E-state index in [9.17, 15) is 13.6 Å². The van der Waals surface area contributed by atoms with E-state index in [0.29, 0.717) is 34.5 Å². The normalized spacial score (nSPS) is 14.5. The summed E-state index contributed by atoms with van der Waals surface area (Å²) in [5.74, 6) is -2.62. The Labute approximate surface area is 214 Å². The minimum Gasteiger partial charge on any atom is -0.402 e. The fourth-order valence-electron chi connectivity index (χ4n) is 4.55. The van der Waals surface area contributed by atoms with Crippen molar-refractivity contribution in [2.45, 2.75) is 46.0 Å². The Morgan fingerprint density at radius 3 is 2.43 bits per heavy atom. The topological polar surface area (TPSA) is 94.0 Å². The molecule has 4 rings (SSSR count). The lowest BCUT2D eigenvalue weighted by molar-refractivity contribution is 0.0949. The number of pyridine rings is 1. The summed E-state index contributed by atoms with van der Waals surface area (Å²) in [4.78, 5) is 17.5. The van der Waals surface area contributed by atoms with E-state index in [1.807, 2.05) is 6.92 Å². The maximum Gasteiger partial charge on any atom is 0.251 e. The van der Waals surface area contributed by atoms with Crippen LogP contribution in [0.1, 0.15) is 65.3 Å². The number of carbonyl (C=O) groups excluding carboxylic acids is 1. The van der Waals surface area contributed by atoms with E-state index in [-0.39, 0.29) is 35.3 Å². The summed E-state index contributed by atoms with van der Waals surface area (Å²) in [5, 5.41) is 2.92. The van der Waals surface area contributed by atoms with Crippen LogP contribution in [0.2, 0.25) is 0 Å². The Balaban J connectivity index is 1.65. The highest BCUT2D eigenvalue weighted by molar-refractivity contribution is 5.96. The summed E-state index contributed by atoms with van der Waals surface area (Å²) in [6.45, 7) is 5.18. The van der Waals surface area contributed by atoms with Gasteiger partial charge in [-0.3, -0.25) is 4.79 Å². The van der Waals surface area contributed by atoms with Gasteiger partial charge >= 0.3 is 0 Å². The van der Waals surface area contributed by atoms with Crippen molar-refractivity contribution in [3.63, 3.8) is 0 Å². The highest BCUT2D eigenvalue weighted by Crippen LogP contribution is 2.43. The number of aryl methyl sites for hydroxylation is 1. The Hall–Kier alpha value is -3.81. The van der Waals surface area contributed by atoms with E-state index in [1.165, 1.54) is 31.2 Å². The molecule has 0 bridgehead atoms. The molecule has 1 saturated carbocycles. The van der Waals surface area contributed by atoms with Crippen LogP contribution in [0, 0.1) is 30.3 Å². The number of nitrogens with one attached hydrogen (secondary N) is 1. The molecule has 37 heavy (non-hydrogen) atoms. The SMILES string of the molecule is CCc1cc(C(=O)NCC(c2nc(-c3ccc(F)cc3)c(F)c(C)c2F)C2CC2)cc(/C=C(/C)N)c1N. The van der Waals surface area contributed by atoms with Crippen molar-refractivity contribution in [3.05, 3.63) is 87.5 Å². The number of amides is 1. The number of nitrogen functional groups attached to an aromatic ring is 1. The third-order valence-corrected chi connectivity index (χ3v) is 6.79. The van der Waals surface area contributed by atoms with Gasteiger partial charge < -0.3 is 16.8 Å². The number of aromatic nitrogens is 1. The summed E-state index contributed by atoms with van der Waals surface area (Å²) in [6.07, 6.45) is 4.07. The number of hydrogen-bond acceptors (Lipinski definition) is 4. The first-order valence-corrected chi connectivity index (χ1v) is 12.4. The molecule has 8 heteroatoms. The van der Waals surface area contributed by atoms with Crippen molar-refractivity contribution < 1.29 is 18.0 Å². The van der Waals surface area contributed by atoms with Crippen LogP contribution in [-0.2, 0) is 6.42 Å². The highest BCUT2D eigenvalue weighted by Gasteiger charge is 2.36. The number of benzene rings is 2. The molecule has 194 valence electrons. The predicted molar refractivity (Wildman–Crippen MR) is 140 cm³/mol. The number of allylic oxidation sites excluding steroid dienone is 1. The lowest BCUT2D eigenvalue weighted by Crippen LogP contribution is -2.30. The second kappa shape index (κ2) is 10.7. The summed E-state index contributed by atoms with van der Waals surface area (Å²) in [5.41, 5.74) is 15.4. The summed E-state index contributed by atoms with van der Waals surface area (Å²) in [6, 6.07) is 8.67. The van der Waals surface area contributed by atoms with Crippen LogP contribution in [0.15, 0.2) is 42.1 Å². The maximum atomic E-state index is 15.3. The molecule has 0 saturated heterocycles. The quantitative estimate of drug-likeness (QED) is 0.332. The molecule has 3 aromatic rings. The Kier molecular flexibility index (Phi) is 7.57. The first-order chi connectivity index (χ1) is 17.6. The number of hydrogen-bond donors (Lipinski definition) is 3. The van der Waals surface area contributed by atoms with Gasteiger partial charge in [0.1, 0.15) is 11.5 Å². The molecular weight excluding hydrogens is 477 g/mol. The zero-order chi connectivity index (χ0) is 26.9. The number of anilines is 1. The maximum absolute atomic E-state index is 15.3. The van der Waals surface area contributed by atoms with E-state index in [1.54, 1.807) is 25.1 Å². The number of carbonyl (C=O) groups is 1. The van der Waals surface area contributed by atoms with Gasteiger partial charge in [0.15, 0.2) is 11.6 Å². The first kappa shape index (κ1) is 26.3. The molecule has 1 aromatic heterocycles. The zero-order valence-electron chi connectivity index (χ0n) is 21.2. The summed E-state index contributed by atoms with van der Waals surface area (Å²) >= 11 is 0. The van der Waals surface area contributed by atoms with E-state index in [4.69, 9.17) is 11.5 Å². The summed E-state index contributed by atoms with van der Waals surface area (Å²) < 4.78 is 43.7. The van der Waals surface area contributed by atoms with E-state index < -0.39 is 23.4 Å². The van der Waals surface area contributed by atoms with Crippen LogP contribution in [0.4, 0.5) is 18.9 Å². The van der Waals surface area contributed by atoms with Crippen LogP contribution >= 0.6 is 0 Å². The molecular formula is C29H31F3N4O. The van der Waals surface area contributed by atoms with Gasteiger partial charge in [-0.25, -0.2) is 18.2 Å². The van der Waals surface area contributed by atoms with Gasteiger partial charge in [0.25, 0.3) is 5.91 Å². The molecule has 1 unspecified atom stereocenters. The minimum atomic E-state index is -0.781. The third kappa shape index (κ3) is 5.63. The number of nitrogens with zero attached hydrogens (tertiary/aromatic N) is 1. The predicted octanol–water partition coefficient (Wildman–Crippen LogP) is 5.86. The van der Waals surface area contributed by atoms with Crippen molar-refractivity contribution in [1.82, 2.24) is 10.3 Å². The fraction of sp³-hybridized carbons (Fsp3) is 0.310. The molecule has 2 aromatic carbocycles. The molecule has 5 nitrogen and oxygen atoms in total. The van der Waals surface area contributed by atoms with Gasteiger partial charge in [0, 0.05) is 46.1 Å². The zero-order valence-corrected chi connectivity index (χ0v) is 21.2. The molecule has 1 atom stereocenters. The Bertz CT molecular complexity index is 1360. The fourth-order valence-corrected chi connectivity index (χ4v) is 4.55. The standard InChI is InChI=1S/C29H31F3N4O/c1-4-17-12-21(13-20(26(17)34)11-15(2)33)29(37)35-14-23(18-5-6-18)28-25(32)16(3)24(31)27(36-28)19-7-9-22(30)10-8-19/h7-13,18,23H,4-6,14,33-34H2,1-3H3,(H,35,37)/b15-11-. The molecule has 1 fully saturated rings. The van der Waals surface area contributed by atoms with Crippen LogP contribution in [0.3, 0.4) is 0 Å². The minimum absolute atomic E-state index is 0.0365. The van der Waals surface area contributed by atoms with Gasteiger partial charge in [-0.15, -0.1) is 0 Å². The molecule has 0 aliphatic heterocycles. The largest absolute Gasteiger partial charge is 0.402 e. The van der Waals surface area contributed by atoms with Crippen molar-refractivity contribution in [3.8, 4) is 11.3 Å². The third-order valence-electron chi connectivity index (χ3n) is 6.79. The number of halogens is 3. The van der Waals surface area contributed by atoms with Gasteiger partial charge in [0.2, 0.25) is 0 Å².